The summed E-state index contributed by atoms with van der Waals surface area (Å²) in [4.78, 5) is 22.8. The molecule has 0 aliphatic rings. The van der Waals surface area contributed by atoms with Gasteiger partial charge in [0.1, 0.15) is 11.0 Å². The van der Waals surface area contributed by atoms with Crippen LogP contribution in [0.25, 0.3) is 11.0 Å². The first kappa shape index (κ1) is 17.8. The zero-order chi connectivity index (χ0) is 19.4. The predicted octanol–water partition coefficient (Wildman–Crippen LogP) is 1.91. The third kappa shape index (κ3) is 3.66. The lowest BCUT2D eigenvalue weighted by Crippen LogP contribution is -2.17. The van der Waals surface area contributed by atoms with E-state index in [2.05, 4.69) is 25.5 Å². The number of aromatic nitrogens is 2. The van der Waals surface area contributed by atoms with E-state index in [1.54, 1.807) is 6.07 Å². The lowest BCUT2D eigenvalue weighted by atomic mass is 10.1. The number of ether oxygens (including phenoxy) is 2. The fraction of sp³-hybridized carbons (Fsp3) is 0.125. The van der Waals surface area contributed by atoms with Gasteiger partial charge >= 0.3 is 0 Å². The standard InChI is InChI=1S/C16H13N5O6/c1-25-14-6-10(13(21(23)24)7-15(14)26-2)8-17-18-16(22)9-3-4-11-12(5-9)20-27-19-11/h3-8H,1-2H3,(H,18,22)/b17-8+. The van der Waals surface area contributed by atoms with Gasteiger partial charge in [-0.1, -0.05) is 0 Å². The molecule has 0 saturated carbocycles. The van der Waals surface area contributed by atoms with Gasteiger partial charge in [0.15, 0.2) is 11.5 Å². The van der Waals surface area contributed by atoms with Gasteiger partial charge in [-0.25, -0.2) is 10.1 Å². The largest absolute Gasteiger partial charge is 0.493 e. The molecule has 0 fully saturated rings. The average Bonchev–Trinajstić information content (AvgIpc) is 3.14. The molecule has 0 radical (unpaired) electrons. The molecule has 27 heavy (non-hydrogen) atoms. The number of carbonyl (C=O) groups is 1. The molecule has 0 bridgehead atoms. The number of fused-ring (bicyclic) bond motifs is 1. The van der Waals surface area contributed by atoms with E-state index in [-0.39, 0.29) is 22.6 Å². The molecular formula is C16H13N5O6. The number of nitro groups is 1. The number of nitrogens with zero attached hydrogens (tertiary/aromatic N) is 4. The zero-order valence-electron chi connectivity index (χ0n) is 14.2. The van der Waals surface area contributed by atoms with E-state index < -0.39 is 10.8 Å². The Labute approximate surface area is 151 Å². The average molecular weight is 371 g/mol. The van der Waals surface area contributed by atoms with Crippen molar-refractivity contribution < 1.29 is 23.8 Å². The van der Waals surface area contributed by atoms with E-state index in [0.29, 0.717) is 16.8 Å². The molecule has 2 aromatic carbocycles. The molecular weight excluding hydrogens is 358 g/mol. The number of hydrogen-bond acceptors (Lipinski definition) is 9. The topological polar surface area (TPSA) is 142 Å². The van der Waals surface area contributed by atoms with Gasteiger partial charge in [0.05, 0.1) is 37.0 Å². The molecule has 1 amide bonds. The maximum atomic E-state index is 12.2. The van der Waals surface area contributed by atoms with E-state index in [4.69, 9.17) is 9.47 Å². The van der Waals surface area contributed by atoms with Gasteiger partial charge in [0.2, 0.25) is 0 Å². The molecule has 1 N–H and O–H groups in total. The number of hydrazone groups is 1. The number of nitrogens with one attached hydrogen (secondary N) is 1. The minimum absolute atomic E-state index is 0.133. The van der Waals surface area contributed by atoms with Crippen LogP contribution in [0.4, 0.5) is 5.69 Å². The summed E-state index contributed by atoms with van der Waals surface area (Å²) in [6.07, 6.45) is 1.15. The molecule has 0 aliphatic heterocycles. The number of rotatable bonds is 6. The SMILES string of the molecule is COc1cc(/C=N/NC(=O)c2ccc3nonc3c2)c([N+](=O)[O-])cc1OC. The minimum Gasteiger partial charge on any atom is -0.493 e. The van der Waals surface area contributed by atoms with Gasteiger partial charge in [-0.15, -0.1) is 0 Å². The Morgan fingerprint density at radius 1 is 1.19 bits per heavy atom. The van der Waals surface area contributed by atoms with E-state index >= 15 is 0 Å². The van der Waals surface area contributed by atoms with Crippen LogP contribution in [0.2, 0.25) is 0 Å². The van der Waals surface area contributed by atoms with E-state index in [0.717, 1.165) is 6.21 Å². The van der Waals surface area contributed by atoms with Crippen molar-refractivity contribution in [3.05, 3.63) is 51.6 Å². The van der Waals surface area contributed by atoms with Crippen molar-refractivity contribution in [3.63, 3.8) is 0 Å². The third-order valence-corrected chi connectivity index (χ3v) is 3.62. The van der Waals surface area contributed by atoms with Crippen LogP contribution in [-0.4, -0.2) is 41.6 Å². The highest BCUT2D eigenvalue weighted by molar-refractivity contribution is 5.98. The fourth-order valence-corrected chi connectivity index (χ4v) is 2.29. The van der Waals surface area contributed by atoms with Crippen LogP contribution in [0.5, 0.6) is 11.5 Å². The molecule has 0 aliphatic carbocycles. The highest BCUT2D eigenvalue weighted by Crippen LogP contribution is 2.33. The summed E-state index contributed by atoms with van der Waals surface area (Å²) in [7, 11) is 2.78. The van der Waals surface area contributed by atoms with Gasteiger partial charge in [-0.2, -0.15) is 5.10 Å². The van der Waals surface area contributed by atoms with Crippen LogP contribution < -0.4 is 14.9 Å². The van der Waals surface area contributed by atoms with Crippen molar-refractivity contribution in [2.24, 2.45) is 5.10 Å². The highest BCUT2D eigenvalue weighted by Gasteiger charge is 2.18. The Kier molecular flexibility index (Phi) is 4.92. The molecule has 0 saturated heterocycles. The number of nitro benzene ring substituents is 1. The monoisotopic (exact) mass is 371 g/mol. The summed E-state index contributed by atoms with van der Waals surface area (Å²) >= 11 is 0. The lowest BCUT2D eigenvalue weighted by Gasteiger charge is -2.08. The van der Waals surface area contributed by atoms with E-state index in [1.807, 2.05) is 0 Å². The number of amides is 1. The van der Waals surface area contributed by atoms with Crippen LogP contribution in [0.1, 0.15) is 15.9 Å². The lowest BCUT2D eigenvalue weighted by molar-refractivity contribution is -0.385. The van der Waals surface area contributed by atoms with Crippen molar-refractivity contribution in [3.8, 4) is 11.5 Å². The fourth-order valence-electron chi connectivity index (χ4n) is 2.29. The molecule has 0 unspecified atom stereocenters. The van der Waals surface area contributed by atoms with Crippen molar-refractivity contribution in [1.29, 1.82) is 0 Å². The van der Waals surface area contributed by atoms with Crippen LogP contribution in [0.15, 0.2) is 40.1 Å². The quantitative estimate of drug-likeness (QED) is 0.393. The third-order valence-electron chi connectivity index (χ3n) is 3.62. The molecule has 3 rings (SSSR count). The maximum absolute atomic E-state index is 12.2. The Hall–Kier alpha value is -4.02. The van der Waals surface area contributed by atoms with Gasteiger partial charge in [0.25, 0.3) is 11.6 Å². The minimum atomic E-state index is -0.587. The number of carbonyl (C=O) groups excluding carboxylic acids is 1. The Balaban J connectivity index is 1.82. The zero-order valence-corrected chi connectivity index (χ0v) is 14.2. The Morgan fingerprint density at radius 2 is 1.89 bits per heavy atom. The Morgan fingerprint density at radius 3 is 2.59 bits per heavy atom. The predicted molar refractivity (Wildman–Crippen MR) is 93.1 cm³/mol. The van der Waals surface area contributed by atoms with Crippen LogP contribution in [0.3, 0.4) is 0 Å². The van der Waals surface area contributed by atoms with E-state index in [1.165, 1.54) is 38.5 Å². The van der Waals surface area contributed by atoms with Gasteiger partial charge < -0.3 is 9.47 Å². The number of methoxy groups -OCH3 is 2. The molecule has 3 aromatic rings. The molecule has 1 aromatic heterocycles. The summed E-state index contributed by atoms with van der Waals surface area (Å²) in [5.41, 5.74) is 3.38. The first-order valence-corrected chi connectivity index (χ1v) is 7.49. The van der Waals surface area contributed by atoms with Gasteiger partial charge in [-0.05, 0) is 34.6 Å². The summed E-state index contributed by atoms with van der Waals surface area (Å²) in [5.74, 6) is -0.0287. The summed E-state index contributed by atoms with van der Waals surface area (Å²) < 4.78 is 14.7. The second-order valence-corrected chi connectivity index (χ2v) is 5.19. The number of hydrogen-bond donors (Lipinski definition) is 1. The second-order valence-electron chi connectivity index (χ2n) is 5.19. The van der Waals surface area contributed by atoms with Crippen molar-refractivity contribution >= 4 is 28.8 Å². The van der Waals surface area contributed by atoms with Crippen LogP contribution >= 0.6 is 0 Å². The van der Waals surface area contributed by atoms with Crippen LogP contribution in [-0.2, 0) is 0 Å². The summed E-state index contributed by atoms with van der Waals surface area (Å²) in [6.45, 7) is 0. The first-order chi connectivity index (χ1) is 13.0. The van der Waals surface area contributed by atoms with Crippen molar-refractivity contribution in [1.82, 2.24) is 15.7 Å². The first-order valence-electron chi connectivity index (χ1n) is 7.49. The van der Waals surface area contributed by atoms with Crippen LogP contribution in [0, 0.1) is 10.1 Å². The molecule has 11 heteroatoms. The summed E-state index contributed by atoms with van der Waals surface area (Å²) in [5, 5.41) is 22.3. The highest BCUT2D eigenvalue weighted by atomic mass is 16.6. The number of benzene rings is 2. The molecule has 138 valence electrons. The van der Waals surface area contributed by atoms with Crippen molar-refractivity contribution in [2.45, 2.75) is 0 Å². The maximum Gasteiger partial charge on any atom is 0.282 e. The Bertz CT molecular complexity index is 1040. The normalized spacial score (nSPS) is 10.9. The smallest absolute Gasteiger partial charge is 0.282 e. The van der Waals surface area contributed by atoms with Gasteiger partial charge in [-0.3, -0.25) is 14.9 Å². The molecule has 0 spiro atoms. The second kappa shape index (κ2) is 7.47. The van der Waals surface area contributed by atoms with Gasteiger partial charge in [0, 0.05) is 5.56 Å². The van der Waals surface area contributed by atoms with E-state index in [9.17, 15) is 14.9 Å². The summed E-state index contributed by atoms with van der Waals surface area (Å²) in [6, 6.07) is 7.18. The molecule has 11 nitrogen and oxygen atoms in total. The molecule has 0 atom stereocenters. The van der Waals surface area contributed by atoms with Crippen molar-refractivity contribution in [2.75, 3.05) is 14.2 Å². The molecule has 1 heterocycles.